The molecule has 6 heteroatoms. The van der Waals surface area contributed by atoms with Gasteiger partial charge in [-0.05, 0) is 19.1 Å². The molecule has 0 aliphatic heterocycles. The maximum atomic E-state index is 5.93. The number of nitrogens with two attached hydrogens (primary N) is 1. The molecule has 0 amide bonds. The third-order valence-corrected chi connectivity index (χ3v) is 3.83. The largest absolute Gasteiger partial charge is 0.397 e. The van der Waals surface area contributed by atoms with E-state index in [1.54, 1.807) is 23.5 Å². The molecule has 0 atom stereocenters. The maximum Gasteiger partial charge on any atom is 0.112 e. The van der Waals surface area contributed by atoms with Gasteiger partial charge in [0.15, 0.2) is 0 Å². The number of nitrogen functional groups attached to an aromatic ring is 1. The zero-order valence-electron chi connectivity index (χ0n) is 9.13. The van der Waals surface area contributed by atoms with E-state index in [0.29, 0.717) is 22.3 Å². The van der Waals surface area contributed by atoms with E-state index in [4.69, 9.17) is 28.9 Å². The van der Waals surface area contributed by atoms with E-state index >= 15 is 0 Å². The number of rotatable bonds is 3. The van der Waals surface area contributed by atoms with E-state index in [-0.39, 0.29) is 0 Å². The third-order valence-electron chi connectivity index (χ3n) is 2.19. The molecule has 0 saturated heterocycles. The van der Waals surface area contributed by atoms with Gasteiger partial charge in [0.2, 0.25) is 0 Å². The Morgan fingerprint density at radius 2 is 2.06 bits per heavy atom. The standard InChI is InChI=1S/C11H11Cl2N3S/c1-6-4-16-11(17-6)5-15-10-3-8(13)7(12)2-9(10)14/h2-4,15H,5,14H2,1H3. The topological polar surface area (TPSA) is 50.9 Å². The summed E-state index contributed by atoms with van der Waals surface area (Å²) in [5.41, 5.74) is 7.18. The normalized spacial score (nSPS) is 10.5. The molecule has 0 spiro atoms. The third kappa shape index (κ3) is 3.03. The molecule has 0 aliphatic carbocycles. The van der Waals surface area contributed by atoms with Crippen LogP contribution >= 0.6 is 34.5 Å². The Labute approximate surface area is 114 Å². The summed E-state index contributed by atoms with van der Waals surface area (Å²) in [5, 5.41) is 5.14. The van der Waals surface area contributed by atoms with Crippen LogP contribution in [0.5, 0.6) is 0 Å². The first-order chi connectivity index (χ1) is 8.06. The number of aryl methyl sites for hydroxylation is 1. The maximum absolute atomic E-state index is 5.93. The van der Waals surface area contributed by atoms with Crippen LogP contribution in [0.1, 0.15) is 9.88 Å². The van der Waals surface area contributed by atoms with Crippen molar-refractivity contribution >= 4 is 45.9 Å². The fourth-order valence-electron chi connectivity index (χ4n) is 1.37. The van der Waals surface area contributed by atoms with Crippen LogP contribution in [0.4, 0.5) is 11.4 Å². The Bertz CT molecular complexity index is 540. The van der Waals surface area contributed by atoms with Crippen LogP contribution in [0.2, 0.25) is 10.0 Å². The van der Waals surface area contributed by atoms with Gasteiger partial charge in [0, 0.05) is 11.1 Å². The monoisotopic (exact) mass is 287 g/mol. The SMILES string of the molecule is Cc1cnc(CNc2cc(Cl)c(Cl)cc2N)s1. The van der Waals surface area contributed by atoms with Crippen molar-refractivity contribution in [2.24, 2.45) is 0 Å². The van der Waals surface area contributed by atoms with Crippen LogP contribution in [0.25, 0.3) is 0 Å². The van der Waals surface area contributed by atoms with Crippen LogP contribution in [-0.2, 0) is 6.54 Å². The van der Waals surface area contributed by atoms with E-state index in [0.717, 1.165) is 10.7 Å². The van der Waals surface area contributed by atoms with Crippen LogP contribution in [-0.4, -0.2) is 4.98 Å². The molecule has 0 aliphatic rings. The summed E-state index contributed by atoms with van der Waals surface area (Å²) in [6, 6.07) is 3.36. The van der Waals surface area contributed by atoms with Crippen molar-refractivity contribution in [3.05, 3.63) is 38.3 Å². The molecule has 1 heterocycles. The summed E-state index contributed by atoms with van der Waals surface area (Å²) in [7, 11) is 0. The molecule has 3 nitrogen and oxygen atoms in total. The molecule has 0 saturated carbocycles. The highest BCUT2D eigenvalue weighted by atomic mass is 35.5. The van der Waals surface area contributed by atoms with Crippen molar-refractivity contribution in [1.29, 1.82) is 0 Å². The van der Waals surface area contributed by atoms with Gasteiger partial charge < -0.3 is 11.1 Å². The molecule has 90 valence electrons. The van der Waals surface area contributed by atoms with E-state index in [1.807, 2.05) is 13.1 Å². The number of hydrogen-bond donors (Lipinski definition) is 2. The number of aromatic nitrogens is 1. The Morgan fingerprint density at radius 1 is 1.35 bits per heavy atom. The summed E-state index contributed by atoms with van der Waals surface area (Å²) >= 11 is 13.4. The summed E-state index contributed by atoms with van der Waals surface area (Å²) in [6.07, 6.45) is 1.85. The molecule has 2 aromatic rings. The van der Waals surface area contributed by atoms with Crippen molar-refractivity contribution in [1.82, 2.24) is 4.98 Å². The first-order valence-corrected chi connectivity index (χ1v) is 6.53. The molecule has 0 bridgehead atoms. The molecule has 2 rings (SSSR count). The van der Waals surface area contributed by atoms with Gasteiger partial charge in [0.1, 0.15) is 5.01 Å². The Hall–Kier alpha value is -0.970. The van der Waals surface area contributed by atoms with Crippen molar-refractivity contribution in [2.45, 2.75) is 13.5 Å². The molecule has 0 fully saturated rings. The number of nitrogens with one attached hydrogen (secondary N) is 1. The molecule has 0 unspecified atom stereocenters. The summed E-state index contributed by atoms with van der Waals surface area (Å²) < 4.78 is 0. The fourth-order valence-corrected chi connectivity index (χ4v) is 2.43. The predicted octanol–water partition coefficient (Wildman–Crippen LogP) is 3.95. The minimum absolute atomic E-state index is 0.458. The molecule has 0 radical (unpaired) electrons. The summed E-state index contributed by atoms with van der Waals surface area (Å²) in [4.78, 5) is 5.44. The van der Waals surface area contributed by atoms with Crippen molar-refractivity contribution < 1.29 is 0 Å². The highest BCUT2D eigenvalue weighted by Crippen LogP contribution is 2.31. The first-order valence-electron chi connectivity index (χ1n) is 4.96. The number of benzene rings is 1. The van der Waals surface area contributed by atoms with E-state index in [1.165, 1.54) is 4.88 Å². The second-order valence-electron chi connectivity index (χ2n) is 3.57. The lowest BCUT2D eigenvalue weighted by molar-refractivity contribution is 1.10. The number of hydrogen-bond acceptors (Lipinski definition) is 4. The van der Waals surface area contributed by atoms with E-state index in [9.17, 15) is 0 Å². The van der Waals surface area contributed by atoms with Crippen LogP contribution in [0.3, 0.4) is 0 Å². The van der Waals surface area contributed by atoms with Gasteiger partial charge in [-0.2, -0.15) is 0 Å². The van der Waals surface area contributed by atoms with Gasteiger partial charge in [-0.3, -0.25) is 0 Å². The van der Waals surface area contributed by atoms with Crippen molar-refractivity contribution in [3.8, 4) is 0 Å². The lowest BCUT2D eigenvalue weighted by atomic mass is 10.2. The average molecular weight is 288 g/mol. The second kappa shape index (κ2) is 5.12. The van der Waals surface area contributed by atoms with Gasteiger partial charge in [-0.25, -0.2) is 4.98 Å². The number of nitrogens with zero attached hydrogens (tertiary/aromatic N) is 1. The highest BCUT2D eigenvalue weighted by molar-refractivity contribution is 7.11. The van der Waals surface area contributed by atoms with Gasteiger partial charge in [-0.15, -0.1) is 11.3 Å². The summed E-state index contributed by atoms with van der Waals surface area (Å²) in [5.74, 6) is 0. The second-order valence-corrected chi connectivity index (χ2v) is 5.71. The van der Waals surface area contributed by atoms with Gasteiger partial charge >= 0.3 is 0 Å². The van der Waals surface area contributed by atoms with Crippen LogP contribution in [0.15, 0.2) is 18.3 Å². The zero-order chi connectivity index (χ0) is 12.4. The Morgan fingerprint density at radius 3 is 2.71 bits per heavy atom. The smallest absolute Gasteiger partial charge is 0.112 e. The minimum Gasteiger partial charge on any atom is -0.397 e. The molecule has 1 aromatic carbocycles. The van der Waals surface area contributed by atoms with Crippen molar-refractivity contribution in [3.63, 3.8) is 0 Å². The van der Waals surface area contributed by atoms with Crippen LogP contribution < -0.4 is 11.1 Å². The Kier molecular flexibility index (Phi) is 3.76. The number of thiazole rings is 1. The number of halogens is 2. The van der Waals surface area contributed by atoms with Crippen LogP contribution in [0, 0.1) is 6.92 Å². The lowest BCUT2D eigenvalue weighted by Gasteiger charge is -2.09. The average Bonchev–Trinajstić information content (AvgIpc) is 2.68. The molecule has 17 heavy (non-hydrogen) atoms. The van der Waals surface area contributed by atoms with Gasteiger partial charge in [-0.1, -0.05) is 23.2 Å². The van der Waals surface area contributed by atoms with E-state index in [2.05, 4.69) is 10.3 Å². The molecular formula is C11H11Cl2N3S. The fraction of sp³-hybridized carbons (Fsp3) is 0.182. The quantitative estimate of drug-likeness (QED) is 0.841. The Balaban J connectivity index is 2.11. The lowest BCUT2D eigenvalue weighted by Crippen LogP contribution is -2.02. The molecule has 3 N–H and O–H groups in total. The van der Waals surface area contributed by atoms with Gasteiger partial charge in [0.05, 0.1) is 28.0 Å². The zero-order valence-corrected chi connectivity index (χ0v) is 11.5. The van der Waals surface area contributed by atoms with E-state index < -0.39 is 0 Å². The number of anilines is 2. The highest BCUT2D eigenvalue weighted by Gasteiger charge is 2.05. The first kappa shape index (κ1) is 12.5. The molecular weight excluding hydrogens is 277 g/mol. The predicted molar refractivity (Wildman–Crippen MR) is 75.1 cm³/mol. The minimum atomic E-state index is 0.458. The molecule has 1 aromatic heterocycles. The summed E-state index contributed by atoms with van der Waals surface area (Å²) in [6.45, 7) is 2.65. The van der Waals surface area contributed by atoms with Gasteiger partial charge in [0.25, 0.3) is 0 Å². The van der Waals surface area contributed by atoms with Crippen molar-refractivity contribution in [2.75, 3.05) is 11.1 Å².